The summed E-state index contributed by atoms with van der Waals surface area (Å²) in [5, 5.41) is 3.68. The minimum Gasteiger partial charge on any atom is -0.337 e. The van der Waals surface area contributed by atoms with E-state index in [9.17, 15) is 4.79 Å². The van der Waals surface area contributed by atoms with Crippen LogP contribution in [-0.2, 0) is 4.79 Å². The lowest BCUT2D eigenvalue weighted by molar-refractivity contribution is -0.132. The lowest BCUT2D eigenvalue weighted by atomic mass is 9.93. The number of rotatable bonds is 2. The van der Waals surface area contributed by atoms with Crippen molar-refractivity contribution in [2.75, 3.05) is 25.9 Å². The Labute approximate surface area is 108 Å². The van der Waals surface area contributed by atoms with Crippen LogP contribution in [-0.4, -0.2) is 48.0 Å². The van der Waals surface area contributed by atoms with Crippen molar-refractivity contribution in [1.82, 2.24) is 10.2 Å². The number of likely N-dealkylation sites (N-methyl/N-ethyl adjacent to an activating group) is 1. The maximum absolute atomic E-state index is 11.9. The number of hydrogen-bond donors (Lipinski definition) is 1. The SMILES string of the molecule is CNCC(=O)N1CCSC2CCCCC21.Cl. The van der Waals surface area contributed by atoms with Crippen molar-refractivity contribution in [3.05, 3.63) is 0 Å². The molecule has 3 nitrogen and oxygen atoms in total. The first-order valence-electron chi connectivity index (χ1n) is 5.88. The molecule has 0 bridgehead atoms. The summed E-state index contributed by atoms with van der Waals surface area (Å²) in [4.78, 5) is 14.0. The number of thioether (sulfide) groups is 1. The summed E-state index contributed by atoms with van der Waals surface area (Å²) in [6, 6.07) is 0.526. The quantitative estimate of drug-likeness (QED) is 0.821. The minimum absolute atomic E-state index is 0. The Morgan fingerprint density at radius 3 is 2.94 bits per heavy atom. The third kappa shape index (κ3) is 3.05. The van der Waals surface area contributed by atoms with Crippen molar-refractivity contribution >= 4 is 30.1 Å². The predicted octanol–water partition coefficient (Wildman–Crippen LogP) is 1.51. The van der Waals surface area contributed by atoms with Crippen molar-refractivity contribution in [3.63, 3.8) is 0 Å². The summed E-state index contributed by atoms with van der Waals surface area (Å²) >= 11 is 2.07. The molecule has 1 aliphatic heterocycles. The molecule has 2 rings (SSSR count). The van der Waals surface area contributed by atoms with Gasteiger partial charge in [0.1, 0.15) is 0 Å². The minimum atomic E-state index is 0. The monoisotopic (exact) mass is 264 g/mol. The molecule has 0 spiro atoms. The Morgan fingerprint density at radius 2 is 2.19 bits per heavy atom. The van der Waals surface area contributed by atoms with E-state index in [1.165, 1.54) is 25.7 Å². The summed E-state index contributed by atoms with van der Waals surface area (Å²) in [7, 11) is 1.84. The molecule has 1 amide bonds. The van der Waals surface area contributed by atoms with Gasteiger partial charge in [0.15, 0.2) is 0 Å². The summed E-state index contributed by atoms with van der Waals surface area (Å²) in [6.07, 6.45) is 5.17. The van der Waals surface area contributed by atoms with Gasteiger partial charge in [0.05, 0.1) is 6.54 Å². The van der Waals surface area contributed by atoms with Gasteiger partial charge in [-0.2, -0.15) is 11.8 Å². The fraction of sp³-hybridized carbons (Fsp3) is 0.909. The highest BCUT2D eigenvalue weighted by atomic mass is 35.5. The highest BCUT2D eigenvalue weighted by molar-refractivity contribution is 8.00. The molecule has 94 valence electrons. The third-order valence-corrected chi connectivity index (χ3v) is 4.78. The van der Waals surface area contributed by atoms with E-state index in [2.05, 4.69) is 22.0 Å². The molecule has 1 saturated carbocycles. The van der Waals surface area contributed by atoms with Gasteiger partial charge in [0.25, 0.3) is 0 Å². The third-order valence-electron chi connectivity index (χ3n) is 3.38. The van der Waals surface area contributed by atoms with Gasteiger partial charge in [0.2, 0.25) is 5.91 Å². The molecule has 0 radical (unpaired) electrons. The smallest absolute Gasteiger partial charge is 0.236 e. The topological polar surface area (TPSA) is 32.3 Å². The molecule has 2 fully saturated rings. The average molecular weight is 265 g/mol. The summed E-state index contributed by atoms with van der Waals surface area (Å²) in [5.41, 5.74) is 0. The number of fused-ring (bicyclic) bond motifs is 1. The molecule has 2 aliphatic rings. The van der Waals surface area contributed by atoms with Crippen LogP contribution in [0.2, 0.25) is 0 Å². The summed E-state index contributed by atoms with van der Waals surface area (Å²) in [6.45, 7) is 1.44. The molecule has 1 N–H and O–H groups in total. The van der Waals surface area contributed by atoms with Crippen LogP contribution in [0.4, 0.5) is 0 Å². The van der Waals surface area contributed by atoms with Crippen molar-refractivity contribution in [2.45, 2.75) is 37.0 Å². The van der Waals surface area contributed by atoms with Crippen LogP contribution in [0.15, 0.2) is 0 Å². The Kier molecular flexibility index (Phi) is 5.94. The Morgan fingerprint density at radius 1 is 1.44 bits per heavy atom. The zero-order valence-electron chi connectivity index (χ0n) is 9.78. The van der Waals surface area contributed by atoms with Crippen molar-refractivity contribution < 1.29 is 4.79 Å². The molecule has 16 heavy (non-hydrogen) atoms. The number of halogens is 1. The molecule has 0 aromatic heterocycles. The molecular formula is C11H21ClN2OS. The Hall–Kier alpha value is 0.0700. The van der Waals surface area contributed by atoms with Crippen LogP contribution >= 0.6 is 24.2 Å². The van der Waals surface area contributed by atoms with Gasteiger partial charge in [-0.1, -0.05) is 12.8 Å². The van der Waals surface area contributed by atoms with Gasteiger partial charge in [-0.25, -0.2) is 0 Å². The van der Waals surface area contributed by atoms with Gasteiger partial charge >= 0.3 is 0 Å². The number of amides is 1. The van der Waals surface area contributed by atoms with Crippen LogP contribution in [0.25, 0.3) is 0 Å². The Balaban J connectivity index is 0.00000128. The zero-order chi connectivity index (χ0) is 10.7. The highest BCUT2D eigenvalue weighted by Crippen LogP contribution is 2.35. The second-order valence-corrected chi connectivity index (χ2v) is 5.73. The maximum atomic E-state index is 11.9. The number of nitrogens with one attached hydrogen (secondary N) is 1. The van der Waals surface area contributed by atoms with Gasteiger partial charge in [0, 0.05) is 23.6 Å². The molecule has 1 aliphatic carbocycles. The van der Waals surface area contributed by atoms with Crippen LogP contribution < -0.4 is 5.32 Å². The highest BCUT2D eigenvalue weighted by Gasteiger charge is 2.35. The van der Waals surface area contributed by atoms with Crippen molar-refractivity contribution in [1.29, 1.82) is 0 Å². The lowest BCUT2D eigenvalue weighted by Gasteiger charge is -2.43. The van der Waals surface area contributed by atoms with E-state index in [-0.39, 0.29) is 18.3 Å². The molecular weight excluding hydrogens is 244 g/mol. The number of carbonyl (C=O) groups is 1. The van der Waals surface area contributed by atoms with Crippen molar-refractivity contribution in [3.8, 4) is 0 Å². The van der Waals surface area contributed by atoms with Crippen LogP contribution in [0, 0.1) is 0 Å². The second kappa shape index (κ2) is 6.72. The fourth-order valence-corrected chi connectivity index (χ4v) is 4.10. The van der Waals surface area contributed by atoms with E-state index in [0.29, 0.717) is 17.8 Å². The summed E-state index contributed by atoms with van der Waals surface area (Å²) < 4.78 is 0. The van der Waals surface area contributed by atoms with Gasteiger partial charge < -0.3 is 10.2 Å². The second-order valence-electron chi connectivity index (χ2n) is 4.38. The standard InChI is InChI=1S/C11H20N2OS.ClH/c1-12-8-11(14)13-6-7-15-10-5-3-2-4-9(10)13;/h9-10,12H,2-8H2,1H3;1H. The number of nitrogens with zero attached hydrogens (tertiary/aromatic N) is 1. The first-order valence-corrected chi connectivity index (χ1v) is 6.93. The molecule has 1 heterocycles. The van der Waals surface area contributed by atoms with Crippen molar-refractivity contribution in [2.24, 2.45) is 0 Å². The average Bonchev–Trinajstić information content (AvgIpc) is 2.28. The van der Waals surface area contributed by atoms with E-state index in [4.69, 9.17) is 0 Å². The van der Waals surface area contributed by atoms with Gasteiger partial charge in [-0.15, -0.1) is 12.4 Å². The van der Waals surface area contributed by atoms with Crippen LogP contribution in [0.3, 0.4) is 0 Å². The van der Waals surface area contributed by atoms with E-state index in [0.717, 1.165) is 12.3 Å². The first-order chi connectivity index (χ1) is 7.33. The number of carbonyl (C=O) groups excluding carboxylic acids is 1. The molecule has 5 heteroatoms. The van der Waals surface area contributed by atoms with Gasteiger partial charge in [-0.05, 0) is 19.9 Å². The lowest BCUT2D eigenvalue weighted by Crippen LogP contribution is -2.53. The van der Waals surface area contributed by atoms with Gasteiger partial charge in [-0.3, -0.25) is 4.79 Å². The largest absolute Gasteiger partial charge is 0.337 e. The maximum Gasteiger partial charge on any atom is 0.236 e. The van der Waals surface area contributed by atoms with Crippen LogP contribution in [0.5, 0.6) is 0 Å². The van der Waals surface area contributed by atoms with E-state index in [1.807, 2.05) is 7.05 Å². The van der Waals surface area contributed by atoms with E-state index in [1.54, 1.807) is 0 Å². The van der Waals surface area contributed by atoms with E-state index < -0.39 is 0 Å². The molecule has 2 unspecified atom stereocenters. The molecule has 1 saturated heterocycles. The molecule has 0 aromatic carbocycles. The van der Waals surface area contributed by atoms with Crippen LogP contribution in [0.1, 0.15) is 25.7 Å². The first kappa shape index (κ1) is 14.1. The van der Waals surface area contributed by atoms with E-state index >= 15 is 0 Å². The molecule has 0 aromatic rings. The normalized spacial score (nSPS) is 29.2. The Bertz CT molecular complexity index is 238. The number of hydrogen-bond acceptors (Lipinski definition) is 3. The fourth-order valence-electron chi connectivity index (χ4n) is 2.66. The zero-order valence-corrected chi connectivity index (χ0v) is 11.4. The molecule has 2 atom stereocenters. The predicted molar refractivity (Wildman–Crippen MR) is 71.4 cm³/mol. The summed E-state index contributed by atoms with van der Waals surface area (Å²) in [5.74, 6) is 1.41.